The molecule has 1 N–H and O–H groups in total. The maximum Gasteiger partial charge on any atom is 0.280 e. The third-order valence-corrected chi connectivity index (χ3v) is 6.75. The molecule has 1 saturated carbocycles. The molecule has 6 rings (SSSR count). The molecule has 10 heteroatoms. The highest BCUT2D eigenvalue weighted by Crippen LogP contribution is 2.38. The molecule has 0 radical (unpaired) electrons. The van der Waals surface area contributed by atoms with Crippen molar-refractivity contribution in [2.24, 2.45) is 0 Å². The van der Waals surface area contributed by atoms with Gasteiger partial charge in [0, 0.05) is 6.61 Å². The summed E-state index contributed by atoms with van der Waals surface area (Å²) in [5.41, 5.74) is -0.922. The van der Waals surface area contributed by atoms with Gasteiger partial charge in [-0.05, 0) is 63.6 Å². The van der Waals surface area contributed by atoms with Gasteiger partial charge in [0.2, 0.25) is 5.82 Å². The fraction of sp³-hybridized carbons (Fsp3) is 0.455. The normalized spacial score (nSPS) is 23.0. The molecule has 0 spiro atoms. The van der Waals surface area contributed by atoms with Crippen molar-refractivity contribution in [2.75, 3.05) is 6.61 Å². The maximum absolute atomic E-state index is 14.2. The van der Waals surface area contributed by atoms with Gasteiger partial charge in [0.15, 0.2) is 0 Å². The van der Waals surface area contributed by atoms with E-state index in [1.54, 1.807) is 10.5 Å². The Morgan fingerprint density at radius 2 is 1.97 bits per heavy atom. The number of aliphatic hydroxyl groups is 1. The molecule has 4 aromatic rings. The smallest absolute Gasteiger partial charge is 0.280 e. The van der Waals surface area contributed by atoms with Crippen molar-refractivity contribution in [3.05, 3.63) is 46.6 Å². The summed E-state index contributed by atoms with van der Waals surface area (Å²) in [5, 5.41) is 14.8. The van der Waals surface area contributed by atoms with Crippen LogP contribution in [0.2, 0.25) is 0 Å². The van der Waals surface area contributed by atoms with E-state index in [-0.39, 0.29) is 28.5 Å². The number of hydrogen-bond donors (Lipinski definition) is 1. The fourth-order valence-electron chi connectivity index (χ4n) is 5.09. The van der Waals surface area contributed by atoms with E-state index in [9.17, 15) is 14.3 Å². The summed E-state index contributed by atoms with van der Waals surface area (Å²) in [4.78, 5) is 22.6. The molecule has 1 aliphatic heterocycles. The molecule has 1 aromatic carbocycles. The number of aromatic nitrogens is 5. The zero-order valence-corrected chi connectivity index (χ0v) is 17.5. The van der Waals surface area contributed by atoms with Crippen LogP contribution in [0, 0.1) is 5.82 Å². The van der Waals surface area contributed by atoms with Crippen molar-refractivity contribution < 1.29 is 18.8 Å². The molecule has 3 aromatic heterocycles. The van der Waals surface area contributed by atoms with Crippen LogP contribution in [0.1, 0.15) is 51.3 Å². The van der Waals surface area contributed by atoms with E-state index in [0.717, 1.165) is 19.3 Å². The van der Waals surface area contributed by atoms with Crippen LogP contribution < -0.4 is 5.56 Å². The average Bonchev–Trinajstić information content (AvgIpc) is 3.54. The van der Waals surface area contributed by atoms with Crippen molar-refractivity contribution in [1.29, 1.82) is 0 Å². The van der Waals surface area contributed by atoms with Crippen molar-refractivity contribution in [1.82, 2.24) is 24.1 Å². The lowest BCUT2D eigenvalue weighted by atomic mass is 10.0. The van der Waals surface area contributed by atoms with Crippen LogP contribution in [0.4, 0.5) is 4.39 Å². The van der Waals surface area contributed by atoms with Gasteiger partial charge in [0.25, 0.3) is 11.4 Å². The van der Waals surface area contributed by atoms with Crippen molar-refractivity contribution >= 4 is 16.6 Å². The molecule has 166 valence electrons. The second-order valence-corrected chi connectivity index (χ2v) is 8.87. The second-order valence-electron chi connectivity index (χ2n) is 8.87. The minimum Gasteiger partial charge on any atom is -0.380 e. The molecular formula is C22H22FN5O4. The molecule has 2 fully saturated rings. The highest BCUT2D eigenvalue weighted by atomic mass is 19.1. The predicted molar refractivity (Wildman–Crippen MR) is 111 cm³/mol. The van der Waals surface area contributed by atoms with Gasteiger partial charge in [0.1, 0.15) is 34.7 Å². The summed E-state index contributed by atoms with van der Waals surface area (Å²) in [6, 6.07) is 4.29. The number of halogens is 1. The molecule has 1 aliphatic carbocycles. The Balaban J connectivity index is 1.62. The highest BCUT2D eigenvalue weighted by Gasteiger charge is 2.40. The number of imidazole rings is 1. The SMILES string of the molecule is CC1(n2c(=O)c3c(-c4noc(C5(O)CCCC5)n4)ncn3c3ccc(F)cc32)CCCO1. The second kappa shape index (κ2) is 6.69. The number of ether oxygens (including phenoxy) is 1. The van der Waals surface area contributed by atoms with E-state index in [4.69, 9.17) is 9.26 Å². The quantitative estimate of drug-likeness (QED) is 0.523. The Hall–Kier alpha value is -3.11. The number of benzene rings is 1. The van der Waals surface area contributed by atoms with Gasteiger partial charge >= 0.3 is 0 Å². The number of rotatable bonds is 3. The van der Waals surface area contributed by atoms with Crippen LogP contribution in [-0.2, 0) is 16.1 Å². The third-order valence-electron chi connectivity index (χ3n) is 6.75. The Kier molecular flexibility index (Phi) is 4.09. The van der Waals surface area contributed by atoms with Crippen LogP contribution in [0.3, 0.4) is 0 Å². The molecule has 9 nitrogen and oxygen atoms in total. The van der Waals surface area contributed by atoms with Gasteiger partial charge in [0.05, 0.1) is 11.0 Å². The Morgan fingerprint density at radius 3 is 2.72 bits per heavy atom. The van der Waals surface area contributed by atoms with Gasteiger partial charge in [-0.3, -0.25) is 13.8 Å². The lowest BCUT2D eigenvalue weighted by molar-refractivity contribution is -0.0447. The Labute approximate surface area is 181 Å². The molecule has 4 heterocycles. The van der Waals surface area contributed by atoms with Gasteiger partial charge < -0.3 is 14.4 Å². The zero-order chi connectivity index (χ0) is 22.1. The van der Waals surface area contributed by atoms with Crippen molar-refractivity contribution in [2.45, 2.75) is 56.8 Å². The Morgan fingerprint density at radius 1 is 1.16 bits per heavy atom. The summed E-state index contributed by atoms with van der Waals surface area (Å²) in [7, 11) is 0. The number of nitrogens with zero attached hydrogens (tertiary/aromatic N) is 5. The zero-order valence-electron chi connectivity index (χ0n) is 17.5. The van der Waals surface area contributed by atoms with Gasteiger partial charge in [-0.25, -0.2) is 9.37 Å². The molecular weight excluding hydrogens is 417 g/mol. The first-order valence-electron chi connectivity index (χ1n) is 10.8. The summed E-state index contributed by atoms with van der Waals surface area (Å²) in [5.74, 6) is -0.176. The topological polar surface area (TPSA) is 108 Å². The van der Waals surface area contributed by atoms with Crippen LogP contribution in [-0.4, -0.2) is 35.8 Å². The van der Waals surface area contributed by atoms with E-state index in [2.05, 4.69) is 15.1 Å². The summed E-state index contributed by atoms with van der Waals surface area (Å²) >= 11 is 0. The van der Waals surface area contributed by atoms with Crippen LogP contribution in [0.15, 0.2) is 33.8 Å². The van der Waals surface area contributed by atoms with Crippen LogP contribution in [0.5, 0.6) is 0 Å². The lowest BCUT2D eigenvalue weighted by Crippen LogP contribution is -2.39. The number of hydrogen-bond acceptors (Lipinski definition) is 7. The monoisotopic (exact) mass is 439 g/mol. The molecule has 0 amide bonds. The first-order chi connectivity index (χ1) is 15.4. The summed E-state index contributed by atoms with van der Waals surface area (Å²) in [6.45, 7) is 2.35. The number of fused-ring (bicyclic) bond motifs is 3. The molecule has 0 bridgehead atoms. The predicted octanol–water partition coefficient (Wildman–Crippen LogP) is 3.08. The molecule has 32 heavy (non-hydrogen) atoms. The molecule has 1 atom stereocenters. The van der Waals surface area contributed by atoms with Crippen molar-refractivity contribution in [3.8, 4) is 11.5 Å². The van der Waals surface area contributed by atoms with E-state index in [1.165, 1.54) is 23.0 Å². The van der Waals surface area contributed by atoms with Crippen LogP contribution in [0.25, 0.3) is 28.1 Å². The maximum atomic E-state index is 14.2. The third kappa shape index (κ3) is 2.69. The highest BCUT2D eigenvalue weighted by molar-refractivity contribution is 5.83. The molecule has 2 aliphatic rings. The van der Waals surface area contributed by atoms with E-state index >= 15 is 0 Å². The first-order valence-corrected chi connectivity index (χ1v) is 10.8. The first kappa shape index (κ1) is 19.6. The van der Waals surface area contributed by atoms with Gasteiger partial charge in [-0.15, -0.1) is 0 Å². The van der Waals surface area contributed by atoms with Gasteiger partial charge in [-0.1, -0.05) is 5.16 Å². The lowest BCUT2D eigenvalue weighted by Gasteiger charge is -2.28. The van der Waals surface area contributed by atoms with Crippen LogP contribution >= 0.6 is 0 Å². The minimum absolute atomic E-state index is 0.130. The molecule has 1 saturated heterocycles. The minimum atomic E-state index is -1.14. The van der Waals surface area contributed by atoms with E-state index < -0.39 is 17.1 Å². The van der Waals surface area contributed by atoms with Gasteiger partial charge in [-0.2, -0.15) is 4.98 Å². The average molecular weight is 439 g/mol. The van der Waals surface area contributed by atoms with E-state index in [1.807, 2.05) is 6.92 Å². The largest absolute Gasteiger partial charge is 0.380 e. The Bertz CT molecular complexity index is 1410. The van der Waals surface area contributed by atoms with E-state index in [0.29, 0.717) is 36.9 Å². The summed E-state index contributed by atoms with van der Waals surface area (Å²) in [6.07, 6.45) is 5.78. The summed E-state index contributed by atoms with van der Waals surface area (Å²) < 4.78 is 28.6. The fourth-order valence-corrected chi connectivity index (χ4v) is 5.09. The standard InChI is InChI=1S/C22H22FN5O4/c1-21(7-4-10-31-21)28-15-11-13(23)5-6-14(15)27-12-24-16(17(27)19(28)29)18-25-20(32-26-18)22(30)8-2-3-9-22/h5-6,11-12,30H,2-4,7-10H2,1H3. The molecule has 1 unspecified atom stereocenters. The van der Waals surface area contributed by atoms with Crippen molar-refractivity contribution in [3.63, 3.8) is 0 Å².